The largest absolute Gasteiger partial charge is 0.489 e. The number of aryl methyl sites for hydroxylation is 1. The van der Waals surface area contributed by atoms with Gasteiger partial charge in [0.1, 0.15) is 12.4 Å². The second kappa shape index (κ2) is 7.10. The van der Waals surface area contributed by atoms with Crippen LogP contribution >= 0.6 is 11.6 Å². The van der Waals surface area contributed by atoms with Crippen LogP contribution < -0.4 is 4.74 Å². The fourth-order valence-corrected chi connectivity index (χ4v) is 1.88. The number of hydrogen-bond acceptors (Lipinski definition) is 1. The minimum Gasteiger partial charge on any atom is -0.489 e. The molecule has 0 N–H and O–H groups in total. The first-order valence-electron chi connectivity index (χ1n) is 6.32. The minimum atomic E-state index is -0.875. The first-order valence-corrected chi connectivity index (χ1v) is 6.86. The van der Waals surface area contributed by atoms with Crippen LogP contribution in [0.4, 0.5) is 8.78 Å². The number of halogens is 3. The van der Waals surface area contributed by atoms with Crippen molar-refractivity contribution >= 4 is 11.6 Å². The Morgan fingerprint density at radius 1 is 1.10 bits per heavy atom. The summed E-state index contributed by atoms with van der Waals surface area (Å²) in [6.45, 7) is 2.07. The summed E-state index contributed by atoms with van der Waals surface area (Å²) >= 11 is 5.51. The normalized spacial score (nSPS) is 9.90. The van der Waals surface area contributed by atoms with Gasteiger partial charge in [-0.3, -0.25) is 0 Å². The highest BCUT2D eigenvalue weighted by atomic mass is 35.5. The van der Waals surface area contributed by atoms with Crippen molar-refractivity contribution in [2.45, 2.75) is 13.5 Å². The molecule has 0 spiro atoms. The van der Waals surface area contributed by atoms with E-state index in [2.05, 4.69) is 11.8 Å². The predicted octanol–water partition coefficient (Wildman–Crippen LogP) is 4.44. The van der Waals surface area contributed by atoms with Crippen molar-refractivity contribution in [2.75, 3.05) is 5.88 Å². The van der Waals surface area contributed by atoms with E-state index in [0.29, 0.717) is 11.3 Å². The summed E-state index contributed by atoms with van der Waals surface area (Å²) in [4.78, 5) is 0. The van der Waals surface area contributed by atoms with Crippen molar-refractivity contribution in [1.82, 2.24) is 0 Å². The summed E-state index contributed by atoms with van der Waals surface area (Å²) in [5.74, 6) is 4.92. The molecule has 1 nitrogen and oxygen atoms in total. The van der Waals surface area contributed by atoms with Crippen LogP contribution in [-0.2, 0) is 6.61 Å². The maximum absolute atomic E-state index is 13.1. The lowest BCUT2D eigenvalue weighted by atomic mass is 10.1. The van der Waals surface area contributed by atoms with Crippen LogP contribution in [0.25, 0.3) is 0 Å². The smallest absolute Gasteiger partial charge is 0.159 e. The molecule has 0 aliphatic rings. The van der Waals surface area contributed by atoms with Gasteiger partial charge in [0, 0.05) is 5.56 Å². The molecule has 108 valence electrons. The summed E-state index contributed by atoms with van der Waals surface area (Å²) in [5.41, 5.74) is 2.34. The molecule has 0 aliphatic carbocycles. The second-order valence-corrected chi connectivity index (χ2v) is 4.72. The molecule has 0 atom stereocenters. The van der Waals surface area contributed by atoms with Crippen molar-refractivity contribution in [1.29, 1.82) is 0 Å². The van der Waals surface area contributed by atoms with Crippen LogP contribution in [0.1, 0.15) is 16.7 Å². The summed E-state index contributed by atoms with van der Waals surface area (Å²) in [6.07, 6.45) is 0. The quantitative estimate of drug-likeness (QED) is 0.601. The van der Waals surface area contributed by atoms with E-state index in [1.807, 2.05) is 19.1 Å². The number of ether oxygens (including phenoxy) is 1. The van der Waals surface area contributed by atoms with E-state index in [4.69, 9.17) is 16.3 Å². The van der Waals surface area contributed by atoms with Crippen LogP contribution in [0.15, 0.2) is 36.4 Å². The minimum absolute atomic E-state index is 0.171. The van der Waals surface area contributed by atoms with Crippen LogP contribution in [0.3, 0.4) is 0 Å². The van der Waals surface area contributed by atoms with Gasteiger partial charge in [-0.1, -0.05) is 17.9 Å². The Morgan fingerprint density at radius 2 is 1.90 bits per heavy atom. The first-order chi connectivity index (χ1) is 10.1. The van der Waals surface area contributed by atoms with Crippen LogP contribution in [0.5, 0.6) is 5.75 Å². The van der Waals surface area contributed by atoms with Gasteiger partial charge in [-0.2, -0.15) is 0 Å². The van der Waals surface area contributed by atoms with Crippen molar-refractivity contribution in [3.63, 3.8) is 0 Å². The number of hydrogen-bond donors (Lipinski definition) is 0. The summed E-state index contributed by atoms with van der Waals surface area (Å²) in [5, 5.41) is 0. The lowest BCUT2D eigenvalue weighted by Crippen LogP contribution is -1.98. The van der Waals surface area contributed by atoms with Gasteiger partial charge >= 0.3 is 0 Å². The van der Waals surface area contributed by atoms with Gasteiger partial charge in [-0.25, -0.2) is 8.78 Å². The van der Waals surface area contributed by atoms with Gasteiger partial charge in [0.15, 0.2) is 11.6 Å². The summed E-state index contributed by atoms with van der Waals surface area (Å²) in [7, 11) is 0. The lowest BCUT2D eigenvalue weighted by molar-refractivity contribution is 0.303. The molecule has 0 aliphatic heterocycles. The van der Waals surface area contributed by atoms with Gasteiger partial charge in [0.05, 0.1) is 5.88 Å². The van der Waals surface area contributed by atoms with E-state index in [-0.39, 0.29) is 12.5 Å². The Balaban J connectivity index is 2.07. The predicted molar refractivity (Wildman–Crippen MR) is 79.5 cm³/mol. The molecule has 0 saturated heterocycles. The molecule has 0 aromatic heterocycles. The Morgan fingerprint density at radius 3 is 2.57 bits per heavy atom. The van der Waals surface area contributed by atoms with Gasteiger partial charge in [0.25, 0.3) is 0 Å². The van der Waals surface area contributed by atoms with Crippen LogP contribution in [0.2, 0.25) is 0 Å². The Hall–Kier alpha value is -2.05. The van der Waals surface area contributed by atoms with E-state index in [1.165, 1.54) is 6.07 Å². The lowest BCUT2D eigenvalue weighted by Gasteiger charge is -2.09. The monoisotopic (exact) mass is 306 g/mol. The zero-order valence-electron chi connectivity index (χ0n) is 11.4. The molecule has 0 radical (unpaired) electrons. The number of rotatable bonds is 3. The van der Waals surface area contributed by atoms with E-state index >= 15 is 0 Å². The Kier molecular flexibility index (Phi) is 5.19. The molecule has 0 fully saturated rings. The first kappa shape index (κ1) is 15.3. The summed E-state index contributed by atoms with van der Waals surface area (Å²) < 4.78 is 31.5. The molecular formula is C17H13ClF2O. The van der Waals surface area contributed by atoms with Crippen molar-refractivity contribution < 1.29 is 13.5 Å². The molecule has 4 heteroatoms. The molecule has 0 saturated carbocycles. The Labute approximate surface area is 127 Å². The van der Waals surface area contributed by atoms with Crippen molar-refractivity contribution in [3.8, 4) is 17.6 Å². The van der Waals surface area contributed by atoms with Crippen molar-refractivity contribution in [3.05, 3.63) is 64.7 Å². The fourth-order valence-electron chi connectivity index (χ4n) is 1.82. The van der Waals surface area contributed by atoms with Gasteiger partial charge in [-0.15, -0.1) is 11.6 Å². The highest BCUT2D eigenvalue weighted by Crippen LogP contribution is 2.20. The molecule has 0 heterocycles. The maximum atomic E-state index is 13.1. The average Bonchev–Trinajstić information content (AvgIpc) is 2.47. The van der Waals surface area contributed by atoms with Gasteiger partial charge < -0.3 is 4.74 Å². The van der Waals surface area contributed by atoms with Crippen molar-refractivity contribution in [2.24, 2.45) is 0 Å². The molecule has 2 rings (SSSR count). The molecule has 0 unspecified atom stereocenters. The van der Waals surface area contributed by atoms with E-state index in [1.54, 1.807) is 6.07 Å². The standard InChI is InChI=1S/C17H13ClF2O/c1-12-9-13(3-2-8-18)5-7-17(12)21-11-14-4-6-15(19)16(20)10-14/h4-7,9-10H,8,11H2,1H3. The van der Waals surface area contributed by atoms with Crippen LogP contribution in [0, 0.1) is 30.4 Å². The molecule has 0 bridgehead atoms. The second-order valence-electron chi connectivity index (χ2n) is 4.45. The highest BCUT2D eigenvalue weighted by Gasteiger charge is 2.05. The maximum Gasteiger partial charge on any atom is 0.159 e. The van der Waals surface area contributed by atoms with E-state index in [0.717, 1.165) is 23.3 Å². The average molecular weight is 307 g/mol. The van der Waals surface area contributed by atoms with E-state index in [9.17, 15) is 8.78 Å². The molecule has 21 heavy (non-hydrogen) atoms. The SMILES string of the molecule is Cc1cc(C#CCCl)ccc1OCc1ccc(F)c(F)c1. The zero-order chi connectivity index (χ0) is 15.2. The summed E-state index contributed by atoms with van der Waals surface area (Å²) in [6, 6.07) is 9.23. The van der Waals surface area contributed by atoms with Gasteiger partial charge in [-0.05, 0) is 48.4 Å². The van der Waals surface area contributed by atoms with Crippen LogP contribution in [-0.4, -0.2) is 5.88 Å². The van der Waals surface area contributed by atoms with E-state index < -0.39 is 11.6 Å². The molecule has 0 amide bonds. The third-order valence-electron chi connectivity index (χ3n) is 2.85. The number of benzene rings is 2. The van der Waals surface area contributed by atoms with Gasteiger partial charge in [0.2, 0.25) is 0 Å². The Bertz CT molecular complexity index is 702. The zero-order valence-corrected chi connectivity index (χ0v) is 12.2. The molecule has 2 aromatic carbocycles. The highest BCUT2D eigenvalue weighted by molar-refractivity contribution is 6.19. The topological polar surface area (TPSA) is 9.23 Å². The fraction of sp³-hybridized carbons (Fsp3) is 0.176. The molecular weight excluding hydrogens is 294 g/mol. The third-order valence-corrected chi connectivity index (χ3v) is 2.99. The number of alkyl halides is 1. The molecule has 2 aromatic rings. The third kappa shape index (κ3) is 4.21.